The van der Waals surface area contributed by atoms with E-state index in [-0.39, 0.29) is 0 Å². The summed E-state index contributed by atoms with van der Waals surface area (Å²) >= 11 is 0. The van der Waals surface area contributed by atoms with Crippen molar-refractivity contribution in [1.82, 2.24) is 0 Å². The minimum atomic E-state index is -0.918. The Labute approximate surface area is 66.7 Å². The zero-order valence-corrected chi connectivity index (χ0v) is 6.75. The van der Waals surface area contributed by atoms with Crippen LogP contribution in [-0.4, -0.2) is 17.2 Å². The van der Waals surface area contributed by atoms with Gasteiger partial charge in [0.25, 0.3) is 0 Å². The molecule has 0 saturated heterocycles. The van der Waals surface area contributed by atoms with Gasteiger partial charge >= 0.3 is 5.97 Å². The van der Waals surface area contributed by atoms with Crippen LogP contribution >= 0.6 is 0 Å². The summed E-state index contributed by atoms with van der Waals surface area (Å²) in [5, 5.41) is 8.56. The summed E-state index contributed by atoms with van der Waals surface area (Å²) in [5.41, 5.74) is 0. The van der Waals surface area contributed by atoms with E-state index in [1.54, 1.807) is 0 Å². The molecule has 0 saturated carbocycles. The van der Waals surface area contributed by atoms with Crippen molar-refractivity contribution in [3.63, 3.8) is 0 Å². The van der Waals surface area contributed by atoms with Gasteiger partial charge in [-0.3, -0.25) is 0 Å². The summed E-state index contributed by atoms with van der Waals surface area (Å²) in [6, 6.07) is 0. The number of carboxylic acids is 1. The predicted molar refractivity (Wildman–Crippen MR) is 42.2 cm³/mol. The third kappa shape index (κ3) is 4.42. The van der Waals surface area contributed by atoms with Gasteiger partial charge in [0.15, 0.2) is 6.10 Å². The van der Waals surface area contributed by atoms with Gasteiger partial charge < -0.3 is 9.84 Å². The Morgan fingerprint density at radius 1 is 1.82 bits per heavy atom. The van der Waals surface area contributed by atoms with Crippen LogP contribution in [0.3, 0.4) is 0 Å². The molecule has 0 heterocycles. The molecule has 0 amide bonds. The van der Waals surface area contributed by atoms with E-state index in [0.717, 1.165) is 12.8 Å². The fourth-order valence-electron chi connectivity index (χ4n) is 0.755. The van der Waals surface area contributed by atoms with Gasteiger partial charge in [-0.05, 0) is 12.8 Å². The number of carboxylic acid groups (broad SMARTS) is 1. The number of ether oxygens (including phenoxy) is 1. The second kappa shape index (κ2) is 5.77. The maximum atomic E-state index is 10.4. The van der Waals surface area contributed by atoms with Gasteiger partial charge in [0.05, 0.1) is 6.26 Å². The molecule has 0 rings (SSSR count). The molecule has 0 aromatic carbocycles. The standard InChI is InChI=1S/C8H14O3/c1-3-5-6-7(8(9)10)11-4-2/h4,7H,2-3,5-6H2,1H3,(H,9,10). The van der Waals surface area contributed by atoms with E-state index in [1.165, 1.54) is 6.26 Å². The molecule has 1 atom stereocenters. The lowest BCUT2D eigenvalue weighted by Gasteiger charge is -2.09. The van der Waals surface area contributed by atoms with Gasteiger partial charge in [-0.2, -0.15) is 0 Å². The van der Waals surface area contributed by atoms with E-state index >= 15 is 0 Å². The smallest absolute Gasteiger partial charge is 0.344 e. The average Bonchev–Trinajstić information content (AvgIpc) is 1.97. The maximum Gasteiger partial charge on any atom is 0.344 e. The van der Waals surface area contributed by atoms with E-state index in [4.69, 9.17) is 9.84 Å². The molecule has 1 N–H and O–H groups in total. The van der Waals surface area contributed by atoms with Crippen LogP contribution in [0.1, 0.15) is 26.2 Å². The number of aliphatic carboxylic acids is 1. The van der Waals surface area contributed by atoms with Crippen molar-refractivity contribution in [2.75, 3.05) is 0 Å². The van der Waals surface area contributed by atoms with Gasteiger partial charge in [-0.15, -0.1) is 0 Å². The topological polar surface area (TPSA) is 46.5 Å². The highest BCUT2D eigenvalue weighted by molar-refractivity contribution is 5.72. The predicted octanol–water partition coefficient (Wildman–Crippen LogP) is 1.79. The van der Waals surface area contributed by atoms with Crippen LogP contribution in [-0.2, 0) is 9.53 Å². The van der Waals surface area contributed by atoms with Crippen molar-refractivity contribution in [1.29, 1.82) is 0 Å². The Morgan fingerprint density at radius 3 is 2.82 bits per heavy atom. The van der Waals surface area contributed by atoms with Crippen LogP contribution < -0.4 is 0 Å². The highest BCUT2D eigenvalue weighted by Gasteiger charge is 2.15. The normalized spacial score (nSPS) is 12.1. The molecule has 0 aliphatic rings. The Hall–Kier alpha value is -0.990. The van der Waals surface area contributed by atoms with Gasteiger partial charge in [0, 0.05) is 0 Å². The van der Waals surface area contributed by atoms with E-state index in [1.807, 2.05) is 6.92 Å². The van der Waals surface area contributed by atoms with Crippen molar-refractivity contribution < 1.29 is 14.6 Å². The van der Waals surface area contributed by atoms with E-state index in [0.29, 0.717) is 6.42 Å². The third-order valence-electron chi connectivity index (χ3n) is 1.36. The molecule has 3 nitrogen and oxygen atoms in total. The summed E-state index contributed by atoms with van der Waals surface area (Å²) in [7, 11) is 0. The van der Waals surface area contributed by atoms with Crippen molar-refractivity contribution in [3.05, 3.63) is 12.8 Å². The first-order chi connectivity index (χ1) is 5.22. The first-order valence-corrected chi connectivity index (χ1v) is 3.71. The quantitative estimate of drug-likeness (QED) is 0.599. The first-order valence-electron chi connectivity index (χ1n) is 3.71. The van der Waals surface area contributed by atoms with Crippen LogP contribution in [0.2, 0.25) is 0 Å². The second-order valence-corrected chi connectivity index (χ2v) is 2.27. The summed E-state index contributed by atoms with van der Waals surface area (Å²) in [5.74, 6) is -0.918. The molecule has 1 unspecified atom stereocenters. The highest BCUT2D eigenvalue weighted by Crippen LogP contribution is 2.04. The van der Waals surface area contributed by atoms with E-state index in [9.17, 15) is 4.79 Å². The zero-order valence-electron chi connectivity index (χ0n) is 6.75. The van der Waals surface area contributed by atoms with Gasteiger partial charge in [0.1, 0.15) is 0 Å². The van der Waals surface area contributed by atoms with Gasteiger partial charge in [-0.25, -0.2) is 4.79 Å². The van der Waals surface area contributed by atoms with Gasteiger partial charge in [-0.1, -0.05) is 19.9 Å². The summed E-state index contributed by atoms with van der Waals surface area (Å²) in [6.45, 7) is 5.31. The Balaban J connectivity index is 3.69. The van der Waals surface area contributed by atoms with Crippen LogP contribution in [0.15, 0.2) is 12.8 Å². The molecule has 0 aliphatic heterocycles. The first kappa shape index (κ1) is 10.0. The summed E-state index contributed by atoms with van der Waals surface area (Å²) in [4.78, 5) is 10.4. The maximum absolute atomic E-state index is 10.4. The minimum absolute atomic E-state index is 0.553. The largest absolute Gasteiger partial charge is 0.487 e. The minimum Gasteiger partial charge on any atom is -0.487 e. The zero-order chi connectivity index (χ0) is 8.69. The van der Waals surface area contributed by atoms with Crippen molar-refractivity contribution in [2.45, 2.75) is 32.3 Å². The molecule has 0 aromatic heterocycles. The SMILES string of the molecule is C=COC(CCCC)C(=O)O. The molecule has 64 valence electrons. The molecule has 0 spiro atoms. The Kier molecular flexibility index (Phi) is 5.25. The third-order valence-corrected chi connectivity index (χ3v) is 1.36. The number of carbonyl (C=O) groups is 1. The molecule has 0 aliphatic carbocycles. The number of hydrogen-bond acceptors (Lipinski definition) is 2. The van der Waals surface area contributed by atoms with Gasteiger partial charge in [0.2, 0.25) is 0 Å². The lowest BCUT2D eigenvalue weighted by Crippen LogP contribution is -2.21. The van der Waals surface area contributed by atoms with Crippen LogP contribution in [0, 0.1) is 0 Å². The summed E-state index contributed by atoms with van der Waals surface area (Å²) in [6.07, 6.45) is 2.86. The van der Waals surface area contributed by atoms with Crippen molar-refractivity contribution in [3.8, 4) is 0 Å². The lowest BCUT2D eigenvalue weighted by atomic mass is 10.2. The summed E-state index contributed by atoms with van der Waals surface area (Å²) < 4.78 is 4.77. The van der Waals surface area contributed by atoms with Crippen LogP contribution in [0.5, 0.6) is 0 Å². The fourth-order valence-corrected chi connectivity index (χ4v) is 0.755. The van der Waals surface area contributed by atoms with Crippen molar-refractivity contribution >= 4 is 5.97 Å². The van der Waals surface area contributed by atoms with E-state index < -0.39 is 12.1 Å². The molecule has 0 fully saturated rings. The van der Waals surface area contributed by atoms with Crippen LogP contribution in [0.4, 0.5) is 0 Å². The Bertz CT molecular complexity index is 131. The molecule has 0 aromatic rings. The molecular formula is C8H14O3. The lowest BCUT2D eigenvalue weighted by molar-refractivity contribution is -0.147. The number of unbranched alkanes of at least 4 members (excludes halogenated alkanes) is 1. The fraction of sp³-hybridized carbons (Fsp3) is 0.625. The van der Waals surface area contributed by atoms with Crippen molar-refractivity contribution in [2.24, 2.45) is 0 Å². The monoisotopic (exact) mass is 158 g/mol. The molecule has 0 radical (unpaired) electrons. The average molecular weight is 158 g/mol. The highest BCUT2D eigenvalue weighted by atomic mass is 16.5. The second-order valence-electron chi connectivity index (χ2n) is 2.27. The molecular weight excluding hydrogens is 144 g/mol. The number of rotatable bonds is 6. The Morgan fingerprint density at radius 2 is 2.45 bits per heavy atom. The van der Waals surface area contributed by atoms with Crippen LogP contribution in [0.25, 0.3) is 0 Å². The molecule has 0 bridgehead atoms. The number of hydrogen-bond donors (Lipinski definition) is 1. The van der Waals surface area contributed by atoms with E-state index in [2.05, 4.69) is 6.58 Å². The molecule has 3 heteroatoms. The molecule has 11 heavy (non-hydrogen) atoms.